The molecule has 0 aliphatic carbocycles. The molecule has 3 rings (SSSR count). The van der Waals surface area contributed by atoms with Crippen molar-refractivity contribution in [3.8, 4) is 5.75 Å². The maximum absolute atomic E-state index is 13.1. The van der Waals surface area contributed by atoms with Gasteiger partial charge in [-0.05, 0) is 37.4 Å². The highest BCUT2D eigenvalue weighted by Crippen LogP contribution is 2.36. The van der Waals surface area contributed by atoms with E-state index in [2.05, 4.69) is 24.1 Å². The van der Waals surface area contributed by atoms with Crippen molar-refractivity contribution < 1.29 is 10.0 Å². The molecule has 0 radical (unpaired) electrons. The summed E-state index contributed by atoms with van der Waals surface area (Å²) in [5, 5.41) is 25.1. The van der Waals surface area contributed by atoms with E-state index < -0.39 is 4.92 Å². The zero-order chi connectivity index (χ0) is 19.6. The van der Waals surface area contributed by atoms with E-state index in [0.29, 0.717) is 32.4 Å². The van der Waals surface area contributed by atoms with Crippen LogP contribution in [0.15, 0.2) is 35.1 Å². The predicted octanol–water partition coefficient (Wildman–Crippen LogP) is 3.78. The molecule has 27 heavy (non-hydrogen) atoms. The summed E-state index contributed by atoms with van der Waals surface area (Å²) in [5.41, 5.74) is 0.175. The molecule has 0 bridgehead atoms. The number of hydrogen-bond donors (Lipinski definition) is 2. The maximum atomic E-state index is 13.1. The minimum absolute atomic E-state index is 0.00683. The van der Waals surface area contributed by atoms with Crippen LogP contribution in [-0.4, -0.2) is 41.1 Å². The predicted molar refractivity (Wildman–Crippen MR) is 110 cm³/mol. The van der Waals surface area contributed by atoms with Gasteiger partial charge in [-0.1, -0.05) is 13.8 Å². The Bertz CT molecular complexity index is 1060. The topological polar surface area (TPSA) is 95.7 Å². The van der Waals surface area contributed by atoms with E-state index in [1.54, 1.807) is 12.1 Å². The highest BCUT2D eigenvalue weighted by molar-refractivity contribution is 7.25. The molecular formula is C19H21N3O4S. The van der Waals surface area contributed by atoms with Gasteiger partial charge in [0.25, 0.3) is 5.69 Å². The Balaban J connectivity index is 2.15. The molecule has 1 heterocycles. The lowest BCUT2D eigenvalue weighted by Gasteiger charge is -2.19. The largest absolute Gasteiger partial charge is 0.508 e. The smallest absolute Gasteiger partial charge is 0.287 e. The van der Waals surface area contributed by atoms with Gasteiger partial charge in [-0.15, -0.1) is 11.3 Å². The van der Waals surface area contributed by atoms with Crippen LogP contribution in [0.1, 0.15) is 13.8 Å². The number of phenolic OH excluding ortho intramolecular Hbond substituents is 1. The maximum Gasteiger partial charge on any atom is 0.287 e. The average molecular weight is 387 g/mol. The number of nitrogens with zero attached hydrogens (tertiary/aromatic N) is 2. The van der Waals surface area contributed by atoms with Crippen molar-refractivity contribution in [2.75, 3.05) is 31.5 Å². The SMILES string of the molecule is CCN(CC)CCNc1ccc([N+](=O)[O-])c2sc3ccc(O)cc3c(=O)c12. The van der Waals surface area contributed by atoms with Crippen LogP contribution in [0.2, 0.25) is 0 Å². The van der Waals surface area contributed by atoms with Crippen molar-refractivity contribution >= 4 is 42.9 Å². The molecule has 0 unspecified atom stereocenters. The molecule has 2 aromatic carbocycles. The Kier molecular flexibility index (Phi) is 5.57. The number of fused-ring (bicyclic) bond motifs is 2. The average Bonchev–Trinajstić information content (AvgIpc) is 2.65. The van der Waals surface area contributed by atoms with Gasteiger partial charge in [-0.3, -0.25) is 14.9 Å². The Morgan fingerprint density at radius 2 is 1.96 bits per heavy atom. The van der Waals surface area contributed by atoms with E-state index in [-0.39, 0.29) is 16.9 Å². The second-order valence-corrected chi connectivity index (χ2v) is 7.21. The highest BCUT2D eigenvalue weighted by Gasteiger charge is 2.20. The van der Waals surface area contributed by atoms with Crippen LogP contribution >= 0.6 is 11.3 Å². The number of likely N-dealkylation sites (N-methyl/N-ethyl adjacent to an activating group) is 1. The van der Waals surface area contributed by atoms with E-state index in [4.69, 9.17) is 0 Å². The summed E-state index contributed by atoms with van der Waals surface area (Å²) in [7, 11) is 0. The molecule has 0 aliphatic heterocycles. The Labute approximate surface area is 160 Å². The highest BCUT2D eigenvalue weighted by atomic mass is 32.1. The molecule has 0 atom stereocenters. The minimum Gasteiger partial charge on any atom is -0.508 e. The number of nitro benzene ring substituents is 1. The van der Waals surface area contributed by atoms with Crippen molar-refractivity contribution in [2.45, 2.75) is 13.8 Å². The van der Waals surface area contributed by atoms with Crippen LogP contribution in [0.4, 0.5) is 11.4 Å². The molecule has 1 aromatic heterocycles. The third-order valence-corrected chi connectivity index (χ3v) is 5.81. The number of benzene rings is 2. The van der Waals surface area contributed by atoms with Crippen LogP contribution in [0, 0.1) is 10.1 Å². The second-order valence-electron chi connectivity index (χ2n) is 6.16. The number of aromatic hydroxyl groups is 1. The molecule has 3 aromatic rings. The third kappa shape index (κ3) is 3.72. The molecule has 0 aliphatic rings. The van der Waals surface area contributed by atoms with E-state index in [0.717, 1.165) is 19.6 Å². The number of anilines is 1. The summed E-state index contributed by atoms with van der Waals surface area (Å²) in [4.78, 5) is 26.3. The molecule has 0 amide bonds. The first-order chi connectivity index (χ1) is 13.0. The lowest BCUT2D eigenvalue weighted by Crippen LogP contribution is -2.28. The fourth-order valence-corrected chi connectivity index (χ4v) is 4.28. The third-order valence-electron chi connectivity index (χ3n) is 4.62. The van der Waals surface area contributed by atoms with Crippen molar-refractivity contribution in [1.82, 2.24) is 4.90 Å². The molecule has 0 saturated heterocycles. The monoisotopic (exact) mass is 387 g/mol. The van der Waals surface area contributed by atoms with Crippen LogP contribution < -0.4 is 10.7 Å². The molecule has 0 fully saturated rings. The number of rotatable bonds is 7. The standard InChI is InChI=1S/C19H21N3O4S/c1-3-21(4-2)10-9-20-14-6-7-15(22(25)26)19-17(14)18(24)13-11-12(23)5-8-16(13)27-19/h5-8,11,20,23H,3-4,9-10H2,1-2H3. The quantitative estimate of drug-likeness (QED) is 0.364. The zero-order valence-electron chi connectivity index (χ0n) is 15.2. The molecule has 8 heteroatoms. The van der Waals surface area contributed by atoms with Crippen LogP contribution in [0.5, 0.6) is 5.75 Å². The first-order valence-electron chi connectivity index (χ1n) is 8.79. The molecule has 7 nitrogen and oxygen atoms in total. The van der Waals surface area contributed by atoms with Crippen molar-refractivity contribution in [3.05, 3.63) is 50.7 Å². The van der Waals surface area contributed by atoms with E-state index >= 15 is 0 Å². The normalized spacial score (nSPS) is 11.4. The Morgan fingerprint density at radius 1 is 1.22 bits per heavy atom. The lowest BCUT2D eigenvalue weighted by atomic mass is 10.1. The minimum atomic E-state index is -0.468. The first kappa shape index (κ1) is 19.1. The lowest BCUT2D eigenvalue weighted by molar-refractivity contribution is -0.382. The van der Waals surface area contributed by atoms with Crippen LogP contribution in [0.25, 0.3) is 20.2 Å². The number of phenols is 1. The first-order valence-corrected chi connectivity index (χ1v) is 9.61. The fourth-order valence-electron chi connectivity index (χ4n) is 3.11. The fraction of sp³-hybridized carbons (Fsp3) is 0.316. The van der Waals surface area contributed by atoms with E-state index in [9.17, 15) is 20.0 Å². The Morgan fingerprint density at radius 3 is 2.63 bits per heavy atom. The zero-order valence-corrected chi connectivity index (χ0v) is 16.0. The van der Waals surface area contributed by atoms with Crippen molar-refractivity contribution in [2.24, 2.45) is 0 Å². The summed E-state index contributed by atoms with van der Waals surface area (Å²) >= 11 is 1.19. The van der Waals surface area contributed by atoms with Gasteiger partial charge >= 0.3 is 0 Å². The van der Waals surface area contributed by atoms with Gasteiger partial charge in [0.1, 0.15) is 10.4 Å². The van der Waals surface area contributed by atoms with Crippen LogP contribution in [-0.2, 0) is 0 Å². The molecular weight excluding hydrogens is 366 g/mol. The number of hydrogen-bond acceptors (Lipinski definition) is 7. The van der Waals surface area contributed by atoms with E-state index in [1.165, 1.54) is 29.5 Å². The summed E-state index contributed by atoms with van der Waals surface area (Å²) in [6.07, 6.45) is 0. The molecule has 142 valence electrons. The molecule has 2 N–H and O–H groups in total. The van der Waals surface area contributed by atoms with Gasteiger partial charge in [0.15, 0.2) is 5.43 Å². The van der Waals surface area contributed by atoms with Gasteiger partial charge in [0.05, 0.1) is 10.3 Å². The summed E-state index contributed by atoms with van der Waals surface area (Å²) < 4.78 is 0.949. The molecule has 0 saturated carbocycles. The van der Waals surface area contributed by atoms with Crippen molar-refractivity contribution in [3.63, 3.8) is 0 Å². The second kappa shape index (κ2) is 7.89. The van der Waals surface area contributed by atoms with Crippen molar-refractivity contribution in [1.29, 1.82) is 0 Å². The molecule has 0 spiro atoms. The van der Waals surface area contributed by atoms with Crippen LogP contribution in [0.3, 0.4) is 0 Å². The van der Waals surface area contributed by atoms with Gasteiger partial charge in [-0.25, -0.2) is 0 Å². The summed E-state index contributed by atoms with van der Waals surface area (Å²) in [5.74, 6) is -0.00683. The summed E-state index contributed by atoms with van der Waals surface area (Å²) in [6.45, 7) is 7.45. The van der Waals surface area contributed by atoms with E-state index in [1.807, 2.05) is 0 Å². The number of nitrogens with one attached hydrogen (secondary N) is 1. The Hall–Kier alpha value is -2.71. The van der Waals surface area contributed by atoms with Gasteiger partial charge in [0, 0.05) is 34.9 Å². The number of nitro groups is 1. The van der Waals surface area contributed by atoms with Gasteiger partial charge in [0.2, 0.25) is 0 Å². The summed E-state index contributed by atoms with van der Waals surface area (Å²) in [6, 6.07) is 7.52. The van der Waals surface area contributed by atoms with Gasteiger partial charge in [-0.2, -0.15) is 0 Å². The number of non-ortho nitro benzene ring substituents is 1. The van der Waals surface area contributed by atoms with Gasteiger partial charge < -0.3 is 15.3 Å².